The van der Waals surface area contributed by atoms with Crippen molar-refractivity contribution in [1.29, 1.82) is 0 Å². The van der Waals surface area contributed by atoms with Crippen LogP contribution in [0.25, 0.3) is 0 Å². The average Bonchev–Trinajstić information content (AvgIpc) is 2.41. The third-order valence-electron chi connectivity index (χ3n) is 3.72. The number of carbonyl (C=O) groups is 1. The minimum absolute atomic E-state index is 0.0244. The molecule has 1 aliphatic rings. The van der Waals surface area contributed by atoms with Gasteiger partial charge in [-0.1, -0.05) is 0 Å². The largest absolute Gasteiger partial charge is 0.339 e. The first-order valence-electron chi connectivity index (χ1n) is 6.90. The Morgan fingerprint density at radius 3 is 2.60 bits per heavy atom. The van der Waals surface area contributed by atoms with E-state index in [1.54, 1.807) is 0 Å². The van der Waals surface area contributed by atoms with Crippen molar-refractivity contribution in [2.24, 2.45) is 5.92 Å². The molecule has 1 aliphatic heterocycles. The number of thiol groups is 1. The molecule has 1 fully saturated rings. The molecule has 1 heterocycles. The molecule has 1 saturated heterocycles. The fraction of sp³-hybridized carbons (Fsp3) is 0.533. The number of benzene rings is 1. The summed E-state index contributed by atoms with van der Waals surface area (Å²) in [5, 5.41) is 0. The van der Waals surface area contributed by atoms with Gasteiger partial charge in [-0.15, -0.1) is 12.6 Å². The van der Waals surface area contributed by atoms with E-state index in [-0.39, 0.29) is 10.8 Å². The normalized spacial score (nSPS) is 16.8. The van der Waals surface area contributed by atoms with Crippen molar-refractivity contribution < 1.29 is 9.18 Å². The summed E-state index contributed by atoms with van der Waals surface area (Å²) in [6, 6.07) is 4.34. The minimum Gasteiger partial charge on any atom is -0.339 e. The second-order valence-electron chi connectivity index (χ2n) is 5.66. The van der Waals surface area contributed by atoms with E-state index in [9.17, 15) is 9.18 Å². The molecule has 3 nitrogen and oxygen atoms in total. The monoisotopic (exact) mass is 296 g/mol. The molecule has 1 aromatic carbocycles. The molecule has 0 aliphatic carbocycles. The van der Waals surface area contributed by atoms with Gasteiger partial charge in [-0.25, -0.2) is 4.39 Å². The van der Waals surface area contributed by atoms with Crippen molar-refractivity contribution in [3.8, 4) is 0 Å². The summed E-state index contributed by atoms with van der Waals surface area (Å²) in [6.07, 6.45) is 2.05. The highest BCUT2D eigenvalue weighted by Gasteiger charge is 2.24. The van der Waals surface area contributed by atoms with Crippen LogP contribution in [0.3, 0.4) is 0 Å². The predicted molar refractivity (Wildman–Crippen MR) is 80.8 cm³/mol. The zero-order valence-electron chi connectivity index (χ0n) is 12.0. The van der Waals surface area contributed by atoms with Crippen LogP contribution in [0.1, 0.15) is 23.2 Å². The van der Waals surface area contributed by atoms with Crippen LogP contribution in [0.5, 0.6) is 0 Å². The van der Waals surface area contributed by atoms with Gasteiger partial charge in [0.1, 0.15) is 5.82 Å². The van der Waals surface area contributed by atoms with Crippen LogP contribution >= 0.6 is 12.6 Å². The Morgan fingerprint density at radius 1 is 1.40 bits per heavy atom. The lowest BCUT2D eigenvalue weighted by Gasteiger charge is -2.33. The van der Waals surface area contributed by atoms with Gasteiger partial charge in [0.2, 0.25) is 0 Å². The van der Waals surface area contributed by atoms with Gasteiger partial charge in [0.05, 0.1) is 0 Å². The van der Waals surface area contributed by atoms with E-state index in [0.717, 1.165) is 32.5 Å². The van der Waals surface area contributed by atoms with E-state index >= 15 is 0 Å². The zero-order chi connectivity index (χ0) is 14.7. The number of nitrogens with zero attached hydrogens (tertiary/aromatic N) is 2. The molecule has 1 amide bonds. The highest BCUT2D eigenvalue weighted by molar-refractivity contribution is 7.80. The molecule has 0 radical (unpaired) electrons. The Bertz CT molecular complexity index is 485. The van der Waals surface area contributed by atoms with E-state index in [2.05, 4.69) is 31.6 Å². The number of hydrogen-bond acceptors (Lipinski definition) is 3. The van der Waals surface area contributed by atoms with Gasteiger partial charge in [0.15, 0.2) is 0 Å². The third-order valence-corrected chi connectivity index (χ3v) is 4.06. The Labute approximate surface area is 125 Å². The van der Waals surface area contributed by atoms with Gasteiger partial charge in [0, 0.05) is 30.1 Å². The maximum atomic E-state index is 13.2. The second kappa shape index (κ2) is 6.59. The average molecular weight is 296 g/mol. The number of halogens is 1. The predicted octanol–water partition coefficient (Wildman–Crippen LogP) is 2.53. The maximum absolute atomic E-state index is 13.2. The summed E-state index contributed by atoms with van der Waals surface area (Å²) in [7, 11) is 4.15. The number of carbonyl (C=O) groups excluding carboxylic acids is 1. The third kappa shape index (κ3) is 3.73. The van der Waals surface area contributed by atoms with E-state index in [1.807, 2.05) is 4.90 Å². The smallest absolute Gasteiger partial charge is 0.253 e. The summed E-state index contributed by atoms with van der Waals surface area (Å²) in [4.78, 5) is 16.6. The first-order valence-corrected chi connectivity index (χ1v) is 7.34. The topological polar surface area (TPSA) is 23.6 Å². The lowest BCUT2D eigenvalue weighted by Crippen LogP contribution is -2.40. The molecule has 0 spiro atoms. The van der Waals surface area contributed by atoms with Gasteiger partial charge in [-0.05, 0) is 51.1 Å². The first kappa shape index (κ1) is 15.3. The molecule has 2 rings (SSSR count). The molecule has 0 atom stereocenters. The van der Waals surface area contributed by atoms with E-state index in [0.29, 0.717) is 11.5 Å². The van der Waals surface area contributed by atoms with Crippen molar-refractivity contribution in [3.63, 3.8) is 0 Å². The highest BCUT2D eigenvalue weighted by Crippen LogP contribution is 2.21. The number of rotatable bonds is 3. The van der Waals surface area contributed by atoms with Crippen LogP contribution in [0.4, 0.5) is 4.39 Å². The maximum Gasteiger partial charge on any atom is 0.253 e. The molecule has 0 bridgehead atoms. The van der Waals surface area contributed by atoms with Crippen LogP contribution in [0.2, 0.25) is 0 Å². The van der Waals surface area contributed by atoms with E-state index in [4.69, 9.17) is 0 Å². The second-order valence-corrected chi connectivity index (χ2v) is 6.15. The molecule has 0 aromatic heterocycles. The summed E-state index contributed by atoms with van der Waals surface area (Å²) >= 11 is 4.03. The Morgan fingerprint density at radius 2 is 2.05 bits per heavy atom. The quantitative estimate of drug-likeness (QED) is 0.867. The van der Waals surface area contributed by atoms with Crippen LogP contribution in [-0.4, -0.2) is 49.4 Å². The fourth-order valence-electron chi connectivity index (χ4n) is 2.66. The summed E-state index contributed by atoms with van der Waals surface area (Å²) in [6.45, 7) is 2.62. The number of piperidine rings is 1. The van der Waals surface area contributed by atoms with Crippen molar-refractivity contribution in [1.82, 2.24) is 9.80 Å². The van der Waals surface area contributed by atoms with Crippen LogP contribution in [0.15, 0.2) is 23.1 Å². The van der Waals surface area contributed by atoms with Gasteiger partial charge >= 0.3 is 0 Å². The molecule has 5 heteroatoms. The molecule has 1 aromatic rings. The van der Waals surface area contributed by atoms with Crippen molar-refractivity contribution in [2.75, 3.05) is 33.7 Å². The standard InChI is InChI=1S/C15H21FN2OS/c1-17(2)10-11-5-7-18(8-6-11)15(19)12-3-4-13(16)14(20)9-12/h3-4,9,11,20H,5-8,10H2,1-2H3. The fourth-order valence-corrected chi connectivity index (χ4v) is 2.88. The summed E-state index contributed by atoms with van der Waals surface area (Å²) in [5.41, 5.74) is 0.516. The zero-order valence-corrected chi connectivity index (χ0v) is 12.9. The number of amides is 1. The molecular formula is C15H21FN2OS. The van der Waals surface area contributed by atoms with E-state index < -0.39 is 5.82 Å². The van der Waals surface area contributed by atoms with Gasteiger partial charge in [-0.3, -0.25) is 4.79 Å². The minimum atomic E-state index is -0.394. The Hall–Kier alpha value is -1.07. The van der Waals surface area contributed by atoms with Gasteiger partial charge in [0.25, 0.3) is 5.91 Å². The van der Waals surface area contributed by atoms with Crippen molar-refractivity contribution in [3.05, 3.63) is 29.6 Å². The van der Waals surface area contributed by atoms with Crippen LogP contribution in [-0.2, 0) is 0 Å². The molecular weight excluding hydrogens is 275 g/mol. The molecule has 0 saturated carbocycles. The number of hydrogen-bond donors (Lipinski definition) is 1. The molecule has 0 unspecified atom stereocenters. The molecule has 110 valence electrons. The summed E-state index contributed by atoms with van der Waals surface area (Å²) < 4.78 is 13.2. The highest BCUT2D eigenvalue weighted by atomic mass is 32.1. The van der Waals surface area contributed by atoms with Gasteiger partial charge < -0.3 is 9.80 Å². The lowest BCUT2D eigenvalue weighted by molar-refractivity contribution is 0.0677. The first-order chi connectivity index (χ1) is 9.47. The van der Waals surface area contributed by atoms with Crippen LogP contribution in [0, 0.1) is 11.7 Å². The number of likely N-dealkylation sites (tertiary alicyclic amines) is 1. The van der Waals surface area contributed by atoms with Crippen LogP contribution < -0.4 is 0 Å². The Kier molecular flexibility index (Phi) is 5.05. The summed E-state index contributed by atoms with van der Waals surface area (Å²) in [5.74, 6) is 0.237. The van der Waals surface area contributed by atoms with Gasteiger partial charge in [-0.2, -0.15) is 0 Å². The lowest BCUT2D eigenvalue weighted by atomic mass is 9.96. The van der Waals surface area contributed by atoms with Crippen molar-refractivity contribution >= 4 is 18.5 Å². The molecule has 0 N–H and O–H groups in total. The Balaban J connectivity index is 1.96. The van der Waals surface area contributed by atoms with E-state index in [1.165, 1.54) is 18.2 Å². The van der Waals surface area contributed by atoms with Crippen molar-refractivity contribution in [2.45, 2.75) is 17.7 Å². The molecule has 20 heavy (non-hydrogen) atoms. The SMILES string of the molecule is CN(C)CC1CCN(C(=O)c2ccc(F)c(S)c2)CC1.